The first-order chi connectivity index (χ1) is 14.7. The third-order valence-electron chi connectivity index (χ3n) is 5.87. The molecule has 3 atom stereocenters. The number of halogens is 2. The lowest BCUT2D eigenvalue weighted by molar-refractivity contribution is 0.0518. The van der Waals surface area contributed by atoms with Crippen molar-refractivity contribution in [1.82, 2.24) is 14.8 Å². The maximum atomic E-state index is 13.8. The number of nitrogens with zero attached hydrogens (tertiary/aromatic N) is 2. The number of thioether (sulfide) groups is 1. The van der Waals surface area contributed by atoms with E-state index in [1.165, 1.54) is 16.8 Å². The number of amides is 2. The van der Waals surface area contributed by atoms with Crippen LogP contribution >= 0.6 is 11.8 Å². The minimum atomic E-state index is -0.972. The Morgan fingerprint density at radius 3 is 2.74 bits per heavy atom. The second-order valence-electron chi connectivity index (χ2n) is 7.86. The van der Waals surface area contributed by atoms with E-state index in [1.807, 2.05) is 13.8 Å². The van der Waals surface area contributed by atoms with Gasteiger partial charge in [0.1, 0.15) is 17.2 Å². The standard InChI is InChI=1S/C21H21F2N3O4S/c1-10-9-31-16-8-25-7-14(18(27)19(28)17(25)21(30)26(16)11(10)2)20(29)24-6-12-3-4-13(22)5-15(12)23/h3-5,7,10-11,16,28H,6,8-9H2,1-2H3,(H,24,29). The molecule has 1 aromatic heterocycles. The zero-order chi connectivity index (χ0) is 22.4. The van der Waals surface area contributed by atoms with Crippen LogP contribution in [0.4, 0.5) is 8.78 Å². The fourth-order valence-electron chi connectivity index (χ4n) is 3.88. The molecular formula is C21H21F2N3O4S. The average molecular weight is 449 g/mol. The summed E-state index contributed by atoms with van der Waals surface area (Å²) in [7, 11) is 0. The zero-order valence-electron chi connectivity index (χ0n) is 16.9. The van der Waals surface area contributed by atoms with Crippen molar-refractivity contribution >= 4 is 23.6 Å². The summed E-state index contributed by atoms with van der Waals surface area (Å²) >= 11 is 1.61. The topological polar surface area (TPSA) is 91.6 Å². The third kappa shape index (κ3) is 3.69. The van der Waals surface area contributed by atoms with Gasteiger partial charge in [0.05, 0.1) is 11.9 Å². The van der Waals surface area contributed by atoms with Crippen molar-refractivity contribution in [2.75, 3.05) is 5.75 Å². The van der Waals surface area contributed by atoms with E-state index in [0.29, 0.717) is 12.6 Å². The minimum Gasteiger partial charge on any atom is -0.503 e. The summed E-state index contributed by atoms with van der Waals surface area (Å²) in [6.07, 6.45) is 1.26. The Bertz CT molecular complexity index is 1140. The highest BCUT2D eigenvalue weighted by molar-refractivity contribution is 7.99. The van der Waals surface area contributed by atoms with Crippen LogP contribution in [0.25, 0.3) is 0 Å². The molecule has 2 aliphatic rings. The molecule has 3 unspecified atom stereocenters. The molecular weight excluding hydrogens is 428 g/mol. The third-order valence-corrected chi connectivity index (χ3v) is 7.35. The van der Waals surface area contributed by atoms with E-state index in [0.717, 1.165) is 11.8 Å². The van der Waals surface area contributed by atoms with Gasteiger partial charge in [0, 0.05) is 30.4 Å². The van der Waals surface area contributed by atoms with Crippen LogP contribution < -0.4 is 10.7 Å². The molecule has 2 N–H and O–H groups in total. The van der Waals surface area contributed by atoms with Gasteiger partial charge < -0.3 is 19.9 Å². The highest BCUT2D eigenvalue weighted by Gasteiger charge is 2.42. The van der Waals surface area contributed by atoms with Crippen LogP contribution in [0.15, 0.2) is 29.2 Å². The van der Waals surface area contributed by atoms with Gasteiger partial charge in [-0.25, -0.2) is 8.78 Å². The van der Waals surface area contributed by atoms with Crippen LogP contribution in [0.5, 0.6) is 5.75 Å². The minimum absolute atomic E-state index is 0.0458. The first kappa shape index (κ1) is 21.4. The molecule has 0 bridgehead atoms. The van der Waals surface area contributed by atoms with Crippen LogP contribution in [0.3, 0.4) is 0 Å². The molecule has 1 fully saturated rings. The molecule has 2 aromatic rings. The largest absolute Gasteiger partial charge is 0.503 e. The van der Waals surface area contributed by atoms with Gasteiger partial charge in [-0.05, 0) is 24.7 Å². The van der Waals surface area contributed by atoms with Gasteiger partial charge in [0.15, 0.2) is 11.4 Å². The maximum absolute atomic E-state index is 13.8. The molecule has 0 aliphatic carbocycles. The van der Waals surface area contributed by atoms with Gasteiger partial charge in [-0.3, -0.25) is 14.4 Å². The molecule has 0 saturated carbocycles. The van der Waals surface area contributed by atoms with Gasteiger partial charge in [-0.15, -0.1) is 11.8 Å². The molecule has 0 spiro atoms. The Morgan fingerprint density at radius 1 is 1.29 bits per heavy atom. The number of carbonyl (C=O) groups excluding carboxylic acids is 2. The molecule has 1 saturated heterocycles. The van der Waals surface area contributed by atoms with Gasteiger partial charge in [-0.1, -0.05) is 13.0 Å². The van der Waals surface area contributed by atoms with Crippen LogP contribution in [-0.2, 0) is 13.1 Å². The number of hydrogen-bond donors (Lipinski definition) is 2. The summed E-state index contributed by atoms with van der Waals surface area (Å²) < 4.78 is 28.3. The van der Waals surface area contributed by atoms with Crippen LogP contribution in [0, 0.1) is 17.6 Å². The van der Waals surface area contributed by atoms with Crippen molar-refractivity contribution in [3.8, 4) is 5.75 Å². The van der Waals surface area contributed by atoms with E-state index in [9.17, 15) is 28.3 Å². The number of aromatic hydroxyl groups is 1. The predicted octanol–water partition coefficient (Wildman–Crippen LogP) is 2.32. The first-order valence-corrected chi connectivity index (χ1v) is 10.9. The SMILES string of the molecule is CC1CSC2Cn3cc(C(=O)NCc4ccc(F)cc4F)c(=O)c(O)c3C(=O)N2C1C. The number of fused-ring (bicyclic) bond motifs is 2. The van der Waals surface area contributed by atoms with Gasteiger partial charge in [0.25, 0.3) is 11.8 Å². The summed E-state index contributed by atoms with van der Waals surface area (Å²) in [5.74, 6) is -2.48. The Hall–Kier alpha value is -2.88. The Labute approximate surface area is 181 Å². The molecule has 2 amide bonds. The van der Waals surface area contributed by atoms with E-state index in [-0.39, 0.29) is 40.7 Å². The van der Waals surface area contributed by atoms with Crippen LogP contribution in [-0.4, -0.2) is 43.6 Å². The molecule has 1 aromatic carbocycles. The normalized spacial score (nSPS) is 22.6. The molecule has 31 heavy (non-hydrogen) atoms. The summed E-state index contributed by atoms with van der Waals surface area (Å²) in [5.41, 5.74) is -1.42. The monoisotopic (exact) mass is 449 g/mol. The van der Waals surface area contributed by atoms with Gasteiger partial charge in [0.2, 0.25) is 5.43 Å². The molecule has 2 aliphatic heterocycles. The van der Waals surface area contributed by atoms with E-state index in [2.05, 4.69) is 5.32 Å². The summed E-state index contributed by atoms with van der Waals surface area (Å²) in [6.45, 7) is 4.04. The number of pyridine rings is 1. The fourth-order valence-corrected chi connectivity index (χ4v) is 5.40. The van der Waals surface area contributed by atoms with Gasteiger partial charge >= 0.3 is 0 Å². The number of benzene rings is 1. The molecule has 164 valence electrons. The second kappa shape index (κ2) is 7.99. The second-order valence-corrected chi connectivity index (χ2v) is 9.07. The summed E-state index contributed by atoms with van der Waals surface area (Å²) in [5, 5.41) is 12.7. The number of hydrogen-bond acceptors (Lipinski definition) is 5. The summed E-state index contributed by atoms with van der Waals surface area (Å²) in [4.78, 5) is 40.0. The molecule has 4 rings (SSSR count). The van der Waals surface area contributed by atoms with E-state index in [1.54, 1.807) is 16.7 Å². The number of nitrogens with one attached hydrogen (secondary N) is 1. The number of rotatable bonds is 3. The van der Waals surface area contributed by atoms with Gasteiger partial charge in [-0.2, -0.15) is 0 Å². The van der Waals surface area contributed by atoms with Crippen LogP contribution in [0.2, 0.25) is 0 Å². The average Bonchev–Trinajstić information content (AvgIpc) is 2.72. The maximum Gasteiger partial charge on any atom is 0.275 e. The summed E-state index contributed by atoms with van der Waals surface area (Å²) in [6, 6.07) is 2.90. The zero-order valence-corrected chi connectivity index (χ0v) is 17.7. The number of aromatic nitrogens is 1. The van der Waals surface area contributed by atoms with E-state index < -0.39 is 34.6 Å². The van der Waals surface area contributed by atoms with Crippen molar-refractivity contribution in [2.45, 2.75) is 38.4 Å². The van der Waals surface area contributed by atoms with Crippen molar-refractivity contribution in [3.63, 3.8) is 0 Å². The van der Waals surface area contributed by atoms with Crippen molar-refractivity contribution in [2.24, 2.45) is 5.92 Å². The van der Waals surface area contributed by atoms with Crippen LogP contribution in [0.1, 0.15) is 40.3 Å². The number of carbonyl (C=O) groups is 2. The van der Waals surface area contributed by atoms with Crippen molar-refractivity contribution in [3.05, 3.63) is 63.1 Å². The Balaban J connectivity index is 1.63. The molecule has 0 radical (unpaired) electrons. The highest BCUT2D eigenvalue weighted by atomic mass is 32.2. The lowest BCUT2D eigenvalue weighted by atomic mass is 10.0. The quantitative estimate of drug-likeness (QED) is 0.751. The lowest BCUT2D eigenvalue weighted by Gasteiger charge is -2.46. The fraction of sp³-hybridized carbons (Fsp3) is 0.381. The molecule has 7 nitrogen and oxygen atoms in total. The Kier molecular flexibility index (Phi) is 5.50. The highest BCUT2D eigenvalue weighted by Crippen LogP contribution is 2.37. The van der Waals surface area contributed by atoms with E-state index >= 15 is 0 Å². The van der Waals surface area contributed by atoms with Crippen molar-refractivity contribution < 1.29 is 23.5 Å². The smallest absolute Gasteiger partial charge is 0.275 e. The first-order valence-electron chi connectivity index (χ1n) is 9.81. The van der Waals surface area contributed by atoms with Crippen molar-refractivity contribution in [1.29, 1.82) is 0 Å². The molecule has 3 heterocycles. The molecule has 10 heteroatoms. The van der Waals surface area contributed by atoms with E-state index in [4.69, 9.17) is 0 Å². The lowest BCUT2D eigenvalue weighted by Crippen LogP contribution is -2.56. The predicted molar refractivity (Wildman–Crippen MR) is 111 cm³/mol. The Morgan fingerprint density at radius 2 is 2.03 bits per heavy atom.